The van der Waals surface area contributed by atoms with Gasteiger partial charge in [0.05, 0.1) is 23.5 Å². The van der Waals surface area contributed by atoms with Crippen LogP contribution >= 0.6 is 0 Å². The van der Waals surface area contributed by atoms with Crippen LogP contribution in [0, 0.1) is 0 Å². The molecule has 7 rings (SSSR count). The zero-order chi connectivity index (χ0) is 32.1. The van der Waals surface area contributed by atoms with Crippen LogP contribution < -0.4 is 4.90 Å². The molecule has 0 aromatic heterocycles. The van der Waals surface area contributed by atoms with Crippen molar-refractivity contribution in [3.05, 3.63) is 106 Å². The summed E-state index contributed by atoms with van der Waals surface area (Å²) < 4.78 is 40.4. The van der Waals surface area contributed by atoms with E-state index in [0.717, 1.165) is 82.1 Å². The summed E-state index contributed by atoms with van der Waals surface area (Å²) in [5.74, 6) is -0.841. The van der Waals surface area contributed by atoms with Gasteiger partial charge in [-0.1, -0.05) is 64.6 Å². The lowest BCUT2D eigenvalue weighted by molar-refractivity contribution is -0.136. The molecular weight excluding hydrogens is 586 g/mol. The number of ether oxygens (including phenoxy) is 1. The average Bonchev–Trinajstić information content (AvgIpc) is 3.23. The van der Waals surface area contributed by atoms with E-state index in [0.29, 0.717) is 0 Å². The highest BCUT2D eigenvalue weighted by molar-refractivity contribution is 7.85. The Labute approximate surface area is 264 Å². The number of carbonyl (C=O) groups is 1. The Morgan fingerprint density at radius 3 is 2.53 bits per heavy atom. The van der Waals surface area contributed by atoms with Crippen LogP contribution in [0.15, 0.2) is 88.5 Å². The minimum absolute atomic E-state index is 0.0144. The van der Waals surface area contributed by atoms with Gasteiger partial charge < -0.3 is 14.7 Å². The summed E-state index contributed by atoms with van der Waals surface area (Å²) in [6, 6.07) is 14.9. The van der Waals surface area contributed by atoms with Gasteiger partial charge in [-0.15, -0.1) is 0 Å². The monoisotopic (exact) mass is 625 g/mol. The van der Waals surface area contributed by atoms with Crippen molar-refractivity contribution in [1.29, 1.82) is 0 Å². The van der Waals surface area contributed by atoms with Crippen LogP contribution in [0.25, 0.3) is 10.8 Å². The summed E-state index contributed by atoms with van der Waals surface area (Å²) in [6.07, 6.45) is 5.79. The number of fused-ring (bicyclic) bond motifs is 8. The molecule has 3 heterocycles. The minimum Gasteiger partial charge on any atom is -0.481 e. The van der Waals surface area contributed by atoms with Crippen molar-refractivity contribution in [3.63, 3.8) is 0 Å². The van der Waals surface area contributed by atoms with E-state index < -0.39 is 26.9 Å². The largest absolute Gasteiger partial charge is 0.481 e. The minimum atomic E-state index is -4.31. The number of hydrogen-bond donors (Lipinski definition) is 2. The fourth-order valence-corrected chi connectivity index (χ4v) is 8.78. The summed E-state index contributed by atoms with van der Waals surface area (Å²) in [4.78, 5) is 13.8. The van der Waals surface area contributed by atoms with Gasteiger partial charge in [0.25, 0.3) is 10.1 Å². The zero-order valence-electron chi connectivity index (χ0n) is 26.2. The maximum Gasteiger partial charge on any atom is 0.307 e. The van der Waals surface area contributed by atoms with Gasteiger partial charge in [0, 0.05) is 34.3 Å². The number of carboxylic acids is 1. The predicted octanol–water partition coefficient (Wildman–Crippen LogP) is 7.03. The van der Waals surface area contributed by atoms with Crippen molar-refractivity contribution >= 4 is 32.5 Å². The number of carboxylic acid groups (broad SMARTS) is 1. The van der Waals surface area contributed by atoms with Gasteiger partial charge in [0.15, 0.2) is 0 Å². The van der Waals surface area contributed by atoms with Crippen molar-refractivity contribution in [2.75, 3.05) is 11.4 Å². The van der Waals surface area contributed by atoms with Crippen molar-refractivity contribution < 1.29 is 27.6 Å². The first-order chi connectivity index (χ1) is 21.2. The van der Waals surface area contributed by atoms with Crippen LogP contribution in [-0.4, -0.2) is 42.8 Å². The quantitative estimate of drug-likeness (QED) is 0.301. The molecular formula is C37H39NO6S. The lowest BCUT2D eigenvalue weighted by Gasteiger charge is -2.43. The summed E-state index contributed by atoms with van der Waals surface area (Å²) >= 11 is 0. The molecule has 0 bridgehead atoms. The Hall–Kier alpha value is -3.72. The third kappa shape index (κ3) is 4.68. The Morgan fingerprint density at radius 1 is 1.02 bits per heavy atom. The molecule has 0 fully saturated rings. The van der Waals surface area contributed by atoms with E-state index in [4.69, 9.17) is 4.74 Å². The maximum atomic E-state index is 11.9. The molecule has 3 aromatic carbocycles. The van der Waals surface area contributed by atoms with Crippen LogP contribution in [0.5, 0.6) is 0 Å². The maximum absolute atomic E-state index is 11.9. The van der Waals surface area contributed by atoms with Gasteiger partial charge >= 0.3 is 5.97 Å². The van der Waals surface area contributed by atoms with Gasteiger partial charge in [-0.25, -0.2) is 0 Å². The Morgan fingerprint density at radius 2 is 1.80 bits per heavy atom. The molecule has 0 spiro atoms. The van der Waals surface area contributed by atoms with Gasteiger partial charge in [0.2, 0.25) is 0 Å². The van der Waals surface area contributed by atoms with E-state index in [2.05, 4.69) is 63.4 Å². The van der Waals surface area contributed by atoms with E-state index in [1.807, 2.05) is 18.2 Å². The molecule has 45 heavy (non-hydrogen) atoms. The van der Waals surface area contributed by atoms with Gasteiger partial charge in [-0.05, 0) is 94.1 Å². The fraction of sp³-hybridized carbons (Fsp3) is 0.378. The normalized spacial score (nSPS) is 23.5. The molecule has 7 nitrogen and oxygen atoms in total. The summed E-state index contributed by atoms with van der Waals surface area (Å²) in [7, 11) is -4.31. The smallest absolute Gasteiger partial charge is 0.307 e. The highest BCUT2D eigenvalue weighted by atomic mass is 32.2. The van der Waals surface area contributed by atoms with E-state index in [1.165, 1.54) is 17.3 Å². The third-order valence-corrected chi connectivity index (χ3v) is 11.3. The van der Waals surface area contributed by atoms with Crippen LogP contribution in [0.1, 0.15) is 69.2 Å². The van der Waals surface area contributed by atoms with Crippen LogP contribution in [0.4, 0.5) is 5.69 Å². The SMILES string of the molecule is C=C1C2=CC3=C4N(CCC3OC2CCCc2ccc(CC(=O)O)cc2C1(C)C)c1ccc2cc(S(=O)(=O)O)ccc2c1C4(C)C. The summed E-state index contributed by atoms with van der Waals surface area (Å²) in [6.45, 7) is 14.3. The lowest BCUT2D eigenvalue weighted by atomic mass is 9.71. The second-order valence-corrected chi connectivity index (χ2v) is 15.4. The van der Waals surface area contributed by atoms with Crippen molar-refractivity contribution in [2.24, 2.45) is 0 Å². The molecule has 3 aliphatic heterocycles. The number of nitrogens with zero attached hydrogens (tertiary/aromatic N) is 1. The van der Waals surface area contributed by atoms with Gasteiger partial charge in [0.1, 0.15) is 0 Å². The molecule has 0 radical (unpaired) electrons. The molecule has 2 unspecified atom stereocenters. The molecule has 2 N–H and O–H groups in total. The van der Waals surface area contributed by atoms with E-state index in [-0.39, 0.29) is 23.5 Å². The van der Waals surface area contributed by atoms with Gasteiger partial charge in [-0.3, -0.25) is 9.35 Å². The Kier molecular flexibility index (Phi) is 6.75. The number of benzene rings is 3. The topological polar surface area (TPSA) is 104 Å². The molecule has 3 aromatic rings. The molecule has 1 aliphatic carbocycles. The number of rotatable bonds is 3. The Balaban J connectivity index is 1.37. The summed E-state index contributed by atoms with van der Waals surface area (Å²) in [5.41, 5.74) is 9.01. The average molecular weight is 626 g/mol. The molecule has 0 amide bonds. The highest BCUT2D eigenvalue weighted by Gasteiger charge is 2.48. The second-order valence-electron chi connectivity index (χ2n) is 14.0. The fourth-order valence-electron chi connectivity index (χ4n) is 8.27. The first kappa shape index (κ1) is 30.0. The van der Waals surface area contributed by atoms with Crippen LogP contribution in [-0.2, 0) is 43.3 Å². The molecule has 8 heteroatoms. The molecule has 4 aliphatic rings. The standard InChI is InChI=1S/C37H39NO6S/c1-21-27-20-28-32(44-31(27)8-6-7-23-10-9-22(18-33(39)40)17-29(23)36(21,2)3)15-16-38-30-14-11-24-19-25(45(41,42)43)12-13-26(24)34(30)37(4,5)35(28)38/h9-14,17,19-20,31-32H,1,6-8,15-16,18H2,2-5H3,(H,39,40)(H,41,42,43). The molecule has 0 saturated carbocycles. The molecule has 234 valence electrons. The lowest BCUT2D eigenvalue weighted by Crippen LogP contribution is -2.42. The van der Waals surface area contributed by atoms with Crippen molar-refractivity contribution in [1.82, 2.24) is 0 Å². The molecule has 2 atom stereocenters. The highest BCUT2D eigenvalue weighted by Crippen LogP contribution is 2.55. The number of hydrogen-bond acceptors (Lipinski definition) is 5. The van der Waals surface area contributed by atoms with Gasteiger partial charge in [-0.2, -0.15) is 8.42 Å². The summed E-state index contributed by atoms with van der Waals surface area (Å²) in [5, 5.41) is 11.2. The number of anilines is 1. The molecule has 0 saturated heterocycles. The van der Waals surface area contributed by atoms with Crippen LogP contribution in [0.3, 0.4) is 0 Å². The second kappa shape index (κ2) is 10.1. The Bertz CT molecular complexity index is 1980. The number of aliphatic carboxylic acids is 1. The number of allylic oxidation sites excluding steroid dienone is 1. The first-order valence-electron chi connectivity index (χ1n) is 15.7. The van der Waals surface area contributed by atoms with Crippen molar-refractivity contribution in [2.45, 2.75) is 87.7 Å². The van der Waals surface area contributed by atoms with E-state index >= 15 is 0 Å². The third-order valence-electron chi connectivity index (χ3n) is 10.5. The van der Waals surface area contributed by atoms with Crippen LogP contribution in [0.2, 0.25) is 0 Å². The zero-order valence-corrected chi connectivity index (χ0v) is 27.0. The van der Waals surface area contributed by atoms with Crippen molar-refractivity contribution in [3.8, 4) is 0 Å². The van der Waals surface area contributed by atoms with E-state index in [9.17, 15) is 22.9 Å². The predicted molar refractivity (Wildman–Crippen MR) is 175 cm³/mol. The van der Waals surface area contributed by atoms with E-state index in [1.54, 1.807) is 6.07 Å². The first-order valence-corrected chi connectivity index (χ1v) is 17.1. The number of aryl methyl sites for hydroxylation is 1.